The fourth-order valence-corrected chi connectivity index (χ4v) is 3.00. The largest absolute Gasteiger partial charge is 0.493 e. The van der Waals surface area contributed by atoms with Crippen LogP contribution < -0.4 is 25.0 Å². The summed E-state index contributed by atoms with van der Waals surface area (Å²) in [6, 6.07) is 9.09. The zero-order chi connectivity index (χ0) is 21.8. The van der Waals surface area contributed by atoms with Crippen molar-refractivity contribution in [3.05, 3.63) is 52.2 Å². The number of benzene rings is 2. The van der Waals surface area contributed by atoms with Crippen molar-refractivity contribution in [3.63, 3.8) is 0 Å². The second-order valence-corrected chi connectivity index (χ2v) is 6.15. The lowest BCUT2D eigenvalue weighted by Gasteiger charge is -2.14. The van der Waals surface area contributed by atoms with Crippen molar-refractivity contribution in [1.29, 1.82) is 0 Å². The van der Waals surface area contributed by atoms with Gasteiger partial charge in [-0.3, -0.25) is 14.4 Å². The standard InChI is InChI=1S/C21H19NO8/c1-27-16-9-15-18(20(29-3)19(16)28-2)13(23)8-14(30-15)11-5-4-6-12(7-11)21(26)22-10-17(24)25/h4-9H,10H2,1-3H3,(H,22,26)(H,24,25). The van der Waals surface area contributed by atoms with Gasteiger partial charge in [-0.1, -0.05) is 12.1 Å². The number of hydrogen-bond acceptors (Lipinski definition) is 7. The predicted molar refractivity (Wildman–Crippen MR) is 108 cm³/mol. The van der Waals surface area contributed by atoms with Crippen molar-refractivity contribution in [2.45, 2.75) is 0 Å². The van der Waals surface area contributed by atoms with Gasteiger partial charge in [0.05, 0.1) is 21.3 Å². The first-order valence-electron chi connectivity index (χ1n) is 8.76. The van der Waals surface area contributed by atoms with E-state index in [9.17, 15) is 14.4 Å². The molecule has 30 heavy (non-hydrogen) atoms. The summed E-state index contributed by atoms with van der Waals surface area (Å²) in [7, 11) is 4.29. The highest BCUT2D eigenvalue weighted by Gasteiger charge is 2.21. The number of rotatable bonds is 7. The molecule has 0 unspecified atom stereocenters. The van der Waals surface area contributed by atoms with Crippen LogP contribution >= 0.6 is 0 Å². The van der Waals surface area contributed by atoms with E-state index in [0.717, 1.165) is 0 Å². The molecule has 156 valence electrons. The minimum absolute atomic E-state index is 0.189. The van der Waals surface area contributed by atoms with Crippen LogP contribution in [0, 0.1) is 0 Å². The summed E-state index contributed by atoms with van der Waals surface area (Å²) in [6.07, 6.45) is 0. The Hall–Kier alpha value is -4.01. The molecule has 0 atom stereocenters. The van der Waals surface area contributed by atoms with Crippen LogP contribution in [0.15, 0.2) is 45.6 Å². The number of methoxy groups -OCH3 is 3. The van der Waals surface area contributed by atoms with E-state index in [1.807, 2.05) is 0 Å². The fourth-order valence-electron chi connectivity index (χ4n) is 3.00. The molecule has 0 aliphatic rings. The van der Waals surface area contributed by atoms with Crippen molar-refractivity contribution in [3.8, 4) is 28.6 Å². The molecule has 0 saturated heterocycles. The molecule has 1 heterocycles. The molecule has 0 bridgehead atoms. The lowest BCUT2D eigenvalue weighted by atomic mass is 10.1. The molecule has 3 rings (SSSR count). The Kier molecular flexibility index (Phi) is 5.91. The third-order valence-electron chi connectivity index (χ3n) is 4.33. The lowest BCUT2D eigenvalue weighted by molar-refractivity contribution is -0.135. The van der Waals surface area contributed by atoms with E-state index in [1.54, 1.807) is 12.1 Å². The molecular weight excluding hydrogens is 394 g/mol. The molecule has 1 aromatic heterocycles. The molecule has 2 N–H and O–H groups in total. The maximum atomic E-state index is 12.8. The molecule has 9 heteroatoms. The first kappa shape index (κ1) is 20.7. The summed E-state index contributed by atoms with van der Waals surface area (Å²) >= 11 is 0. The van der Waals surface area contributed by atoms with E-state index in [1.165, 1.54) is 45.6 Å². The number of nitrogens with one attached hydrogen (secondary N) is 1. The van der Waals surface area contributed by atoms with Gasteiger partial charge in [-0.05, 0) is 12.1 Å². The number of carbonyl (C=O) groups excluding carboxylic acids is 1. The Balaban J connectivity index is 2.12. The molecule has 0 radical (unpaired) electrons. The van der Waals surface area contributed by atoms with Crippen molar-refractivity contribution < 1.29 is 33.3 Å². The number of carbonyl (C=O) groups is 2. The average molecular weight is 413 g/mol. The third kappa shape index (κ3) is 3.90. The monoisotopic (exact) mass is 413 g/mol. The first-order chi connectivity index (χ1) is 14.4. The van der Waals surface area contributed by atoms with E-state index >= 15 is 0 Å². The molecule has 0 spiro atoms. The van der Waals surface area contributed by atoms with Gasteiger partial charge in [0.1, 0.15) is 23.3 Å². The van der Waals surface area contributed by atoms with Crippen LogP contribution in [0.25, 0.3) is 22.3 Å². The smallest absolute Gasteiger partial charge is 0.322 e. The average Bonchev–Trinajstić information content (AvgIpc) is 2.75. The zero-order valence-corrected chi connectivity index (χ0v) is 16.5. The Morgan fingerprint density at radius 1 is 1.03 bits per heavy atom. The SMILES string of the molecule is COc1cc2oc(-c3cccc(C(=O)NCC(=O)O)c3)cc(=O)c2c(OC)c1OC. The van der Waals surface area contributed by atoms with Gasteiger partial charge in [0.2, 0.25) is 5.75 Å². The molecule has 0 aliphatic carbocycles. The van der Waals surface area contributed by atoms with E-state index in [4.69, 9.17) is 23.7 Å². The molecular formula is C21H19NO8. The summed E-state index contributed by atoms with van der Waals surface area (Å²) in [6.45, 7) is -0.504. The highest BCUT2D eigenvalue weighted by molar-refractivity contribution is 5.97. The predicted octanol–water partition coefficient (Wildman–Crippen LogP) is 2.30. The van der Waals surface area contributed by atoms with Gasteiger partial charge in [-0.15, -0.1) is 0 Å². The molecule has 1 amide bonds. The number of amides is 1. The molecule has 0 fully saturated rings. The quantitative estimate of drug-likeness (QED) is 0.605. The Morgan fingerprint density at radius 2 is 1.77 bits per heavy atom. The van der Waals surface area contributed by atoms with Gasteiger partial charge >= 0.3 is 5.97 Å². The maximum absolute atomic E-state index is 12.8. The van der Waals surface area contributed by atoms with Crippen molar-refractivity contribution in [2.75, 3.05) is 27.9 Å². The minimum atomic E-state index is -1.15. The summed E-state index contributed by atoms with van der Waals surface area (Å²) in [4.78, 5) is 35.6. The first-order valence-corrected chi connectivity index (χ1v) is 8.76. The second kappa shape index (κ2) is 8.56. The van der Waals surface area contributed by atoms with Crippen LogP contribution in [0.3, 0.4) is 0 Å². The van der Waals surface area contributed by atoms with Crippen LogP contribution in [0.1, 0.15) is 10.4 Å². The lowest BCUT2D eigenvalue weighted by Crippen LogP contribution is -2.29. The maximum Gasteiger partial charge on any atom is 0.322 e. The summed E-state index contributed by atoms with van der Waals surface area (Å²) in [5.41, 5.74) is 0.532. The Labute approximate surface area is 170 Å². The van der Waals surface area contributed by atoms with Gasteiger partial charge < -0.3 is 29.1 Å². The van der Waals surface area contributed by atoms with Crippen LogP contribution in [0.4, 0.5) is 0 Å². The molecule has 2 aromatic carbocycles. The van der Waals surface area contributed by atoms with Crippen molar-refractivity contribution >= 4 is 22.8 Å². The minimum Gasteiger partial charge on any atom is -0.493 e. The van der Waals surface area contributed by atoms with Gasteiger partial charge in [-0.25, -0.2) is 0 Å². The normalized spacial score (nSPS) is 10.5. The molecule has 0 aliphatic heterocycles. The van der Waals surface area contributed by atoms with E-state index < -0.39 is 18.4 Å². The fraction of sp³-hybridized carbons (Fsp3) is 0.190. The van der Waals surface area contributed by atoms with Crippen LogP contribution in [0.2, 0.25) is 0 Å². The van der Waals surface area contributed by atoms with Crippen LogP contribution in [0.5, 0.6) is 17.2 Å². The van der Waals surface area contributed by atoms with Crippen LogP contribution in [-0.4, -0.2) is 44.9 Å². The Morgan fingerprint density at radius 3 is 2.40 bits per heavy atom. The second-order valence-electron chi connectivity index (χ2n) is 6.15. The number of carboxylic acids is 1. The topological polar surface area (TPSA) is 124 Å². The van der Waals surface area contributed by atoms with Crippen molar-refractivity contribution in [1.82, 2.24) is 5.32 Å². The number of ether oxygens (including phenoxy) is 3. The number of hydrogen-bond donors (Lipinski definition) is 2. The summed E-state index contributed by atoms with van der Waals surface area (Å²) in [5, 5.41) is 11.2. The summed E-state index contributed by atoms with van der Waals surface area (Å²) in [5.74, 6) is -0.717. The van der Waals surface area contributed by atoms with Crippen LogP contribution in [-0.2, 0) is 4.79 Å². The Bertz CT molecular complexity index is 1180. The zero-order valence-electron chi connectivity index (χ0n) is 16.5. The van der Waals surface area contributed by atoms with E-state index in [-0.39, 0.29) is 39.2 Å². The highest BCUT2D eigenvalue weighted by Crippen LogP contribution is 2.42. The van der Waals surface area contributed by atoms with Gasteiger partial charge in [0.15, 0.2) is 16.9 Å². The number of fused-ring (bicyclic) bond motifs is 1. The van der Waals surface area contributed by atoms with Crippen molar-refractivity contribution in [2.24, 2.45) is 0 Å². The summed E-state index contributed by atoms with van der Waals surface area (Å²) < 4.78 is 21.9. The number of carboxylic acid groups (broad SMARTS) is 1. The highest BCUT2D eigenvalue weighted by atomic mass is 16.5. The van der Waals surface area contributed by atoms with Gasteiger partial charge in [0.25, 0.3) is 5.91 Å². The van der Waals surface area contributed by atoms with Gasteiger partial charge in [0, 0.05) is 23.3 Å². The number of aliphatic carboxylic acids is 1. The van der Waals surface area contributed by atoms with Gasteiger partial charge in [-0.2, -0.15) is 0 Å². The molecule has 9 nitrogen and oxygen atoms in total. The molecule has 3 aromatic rings. The van der Waals surface area contributed by atoms with E-state index in [2.05, 4.69) is 5.32 Å². The third-order valence-corrected chi connectivity index (χ3v) is 4.33. The molecule has 0 saturated carbocycles. The van der Waals surface area contributed by atoms with E-state index in [0.29, 0.717) is 11.3 Å².